The molecule has 1 aromatic carbocycles. The number of aryl methyl sites for hydroxylation is 1. The maximum absolute atomic E-state index is 11.0. The summed E-state index contributed by atoms with van der Waals surface area (Å²) in [5, 5.41) is 9.00. The van der Waals surface area contributed by atoms with Crippen LogP contribution in [0.25, 0.3) is 0 Å². The molecule has 3 nitrogen and oxygen atoms in total. The third-order valence-corrected chi connectivity index (χ3v) is 3.26. The minimum absolute atomic E-state index is 0.418. The van der Waals surface area contributed by atoms with Crippen LogP contribution in [0.4, 0.5) is 0 Å². The molecule has 0 aliphatic heterocycles. The van der Waals surface area contributed by atoms with Gasteiger partial charge in [-0.05, 0) is 29.5 Å². The highest BCUT2D eigenvalue weighted by Gasteiger charge is 2.23. The molecular formula is C14H21NO2. The molecule has 94 valence electrons. The minimum atomic E-state index is -0.855. The lowest BCUT2D eigenvalue weighted by Gasteiger charge is -2.20. The Kier molecular flexibility index (Phi) is 4.29. The van der Waals surface area contributed by atoms with Crippen LogP contribution in [0, 0.1) is 12.8 Å². The van der Waals surface area contributed by atoms with Crippen LogP contribution in [0.15, 0.2) is 18.2 Å². The predicted octanol–water partition coefficient (Wildman–Crippen LogP) is 2.84. The number of nitrogens with two attached hydrogens (primary N) is 1. The zero-order valence-corrected chi connectivity index (χ0v) is 10.9. The van der Waals surface area contributed by atoms with E-state index in [9.17, 15) is 4.79 Å². The van der Waals surface area contributed by atoms with Crippen LogP contribution in [-0.4, -0.2) is 11.1 Å². The van der Waals surface area contributed by atoms with Gasteiger partial charge in [-0.3, -0.25) is 4.79 Å². The fourth-order valence-corrected chi connectivity index (χ4v) is 1.80. The summed E-state index contributed by atoms with van der Waals surface area (Å²) in [6, 6.07) is 5.66. The Morgan fingerprint density at radius 2 is 1.88 bits per heavy atom. The Labute approximate surface area is 103 Å². The van der Waals surface area contributed by atoms with E-state index in [1.54, 1.807) is 6.92 Å². The lowest BCUT2D eigenvalue weighted by molar-refractivity contribution is -0.141. The Balaban J connectivity index is 3.11. The van der Waals surface area contributed by atoms with E-state index in [-0.39, 0.29) is 0 Å². The first kappa shape index (κ1) is 13.7. The zero-order valence-electron chi connectivity index (χ0n) is 10.9. The summed E-state index contributed by atoms with van der Waals surface area (Å²) in [6.07, 6.45) is 0. The van der Waals surface area contributed by atoms with Gasteiger partial charge >= 0.3 is 5.97 Å². The second kappa shape index (κ2) is 5.32. The third-order valence-electron chi connectivity index (χ3n) is 3.26. The summed E-state index contributed by atoms with van der Waals surface area (Å²) in [5.41, 5.74) is 9.21. The highest BCUT2D eigenvalue weighted by molar-refractivity contribution is 5.71. The molecule has 3 N–H and O–H groups in total. The molecule has 0 aliphatic rings. The van der Waals surface area contributed by atoms with Crippen molar-refractivity contribution >= 4 is 5.97 Å². The monoisotopic (exact) mass is 235 g/mol. The van der Waals surface area contributed by atoms with E-state index >= 15 is 0 Å². The molecule has 0 bridgehead atoms. The average Bonchev–Trinajstić information content (AvgIpc) is 2.27. The van der Waals surface area contributed by atoms with Crippen molar-refractivity contribution in [1.82, 2.24) is 0 Å². The van der Waals surface area contributed by atoms with Gasteiger partial charge < -0.3 is 10.8 Å². The predicted molar refractivity (Wildman–Crippen MR) is 69.0 cm³/mol. The molecule has 0 heterocycles. The van der Waals surface area contributed by atoms with E-state index in [2.05, 4.69) is 19.9 Å². The van der Waals surface area contributed by atoms with Gasteiger partial charge in [-0.15, -0.1) is 0 Å². The molecule has 0 radical (unpaired) electrons. The van der Waals surface area contributed by atoms with Crippen molar-refractivity contribution in [3.05, 3.63) is 34.9 Å². The van der Waals surface area contributed by atoms with Gasteiger partial charge in [0.2, 0.25) is 0 Å². The molecule has 0 amide bonds. The van der Waals surface area contributed by atoms with Gasteiger partial charge in [0.25, 0.3) is 0 Å². The maximum Gasteiger partial charge on any atom is 0.308 e. The number of carboxylic acids is 1. The molecule has 0 saturated carbocycles. The molecule has 3 heteroatoms. The van der Waals surface area contributed by atoms with Crippen molar-refractivity contribution in [2.24, 2.45) is 11.7 Å². The van der Waals surface area contributed by atoms with E-state index in [0.717, 1.165) is 11.1 Å². The summed E-state index contributed by atoms with van der Waals surface area (Å²) >= 11 is 0. The molecule has 1 aromatic rings. The Bertz CT molecular complexity index is 413. The normalized spacial score (nSPS) is 14.7. The molecule has 0 aromatic heterocycles. The van der Waals surface area contributed by atoms with Gasteiger partial charge in [0, 0.05) is 6.04 Å². The van der Waals surface area contributed by atoms with Crippen molar-refractivity contribution in [3.8, 4) is 0 Å². The smallest absolute Gasteiger partial charge is 0.308 e. The van der Waals surface area contributed by atoms with Crippen LogP contribution in [0.3, 0.4) is 0 Å². The first-order chi connectivity index (χ1) is 7.84. The number of carboxylic acid groups (broad SMARTS) is 1. The highest BCUT2D eigenvalue weighted by atomic mass is 16.4. The lowest BCUT2D eigenvalue weighted by Crippen LogP contribution is -2.26. The SMILES string of the molecule is Cc1ccc(C(C)C)cc1C(N)C(C)C(=O)O. The summed E-state index contributed by atoms with van der Waals surface area (Å²) in [4.78, 5) is 11.0. The topological polar surface area (TPSA) is 63.3 Å². The number of hydrogen-bond acceptors (Lipinski definition) is 2. The molecule has 0 fully saturated rings. The largest absolute Gasteiger partial charge is 0.481 e. The van der Waals surface area contributed by atoms with Crippen LogP contribution in [0.5, 0.6) is 0 Å². The fourth-order valence-electron chi connectivity index (χ4n) is 1.80. The summed E-state index contributed by atoms with van der Waals surface area (Å²) in [7, 11) is 0. The average molecular weight is 235 g/mol. The van der Waals surface area contributed by atoms with Crippen LogP contribution in [-0.2, 0) is 4.79 Å². The van der Waals surface area contributed by atoms with Crippen LogP contribution >= 0.6 is 0 Å². The second-order valence-corrected chi connectivity index (χ2v) is 4.92. The van der Waals surface area contributed by atoms with Crippen molar-refractivity contribution < 1.29 is 9.90 Å². The van der Waals surface area contributed by atoms with Crippen molar-refractivity contribution in [2.45, 2.75) is 39.7 Å². The Morgan fingerprint density at radius 3 is 2.35 bits per heavy atom. The highest BCUT2D eigenvalue weighted by Crippen LogP contribution is 2.26. The molecule has 17 heavy (non-hydrogen) atoms. The zero-order chi connectivity index (χ0) is 13.2. The van der Waals surface area contributed by atoms with Gasteiger partial charge in [0.1, 0.15) is 0 Å². The maximum atomic E-state index is 11.0. The number of rotatable bonds is 4. The van der Waals surface area contributed by atoms with E-state index in [1.807, 2.05) is 19.1 Å². The van der Waals surface area contributed by atoms with Crippen molar-refractivity contribution in [1.29, 1.82) is 0 Å². The molecule has 0 aliphatic carbocycles. The van der Waals surface area contributed by atoms with Crippen molar-refractivity contribution in [2.75, 3.05) is 0 Å². The molecular weight excluding hydrogens is 214 g/mol. The fraction of sp³-hybridized carbons (Fsp3) is 0.500. The summed E-state index contributed by atoms with van der Waals surface area (Å²) in [5.74, 6) is -1.01. The first-order valence-corrected chi connectivity index (χ1v) is 5.93. The number of benzene rings is 1. The van der Waals surface area contributed by atoms with E-state index in [4.69, 9.17) is 10.8 Å². The molecule has 1 rings (SSSR count). The van der Waals surface area contributed by atoms with Crippen LogP contribution in [0.2, 0.25) is 0 Å². The van der Waals surface area contributed by atoms with E-state index in [0.29, 0.717) is 5.92 Å². The molecule has 0 spiro atoms. The third kappa shape index (κ3) is 3.07. The Morgan fingerprint density at radius 1 is 1.29 bits per heavy atom. The van der Waals surface area contributed by atoms with Gasteiger partial charge in [0.15, 0.2) is 0 Å². The van der Waals surface area contributed by atoms with E-state index in [1.165, 1.54) is 5.56 Å². The van der Waals surface area contributed by atoms with Gasteiger partial charge in [0.05, 0.1) is 5.92 Å². The van der Waals surface area contributed by atoms with E-state index < -0.39 is 17.9 Å². The summed E-state index contributed by atoms with van der Waals surface area (Å²) < 4.78 is 0. The van der Waals surface area contributed by atoms with Crippen LogP contribution in [0.1, 0.15) is 49.4 Å². The minimum Gasteiger partial charge on any atom is -0.481 e. The van der Waals surface area contributed by atoms with Gasteiger partial charge in [-0.25, -0.2) is 0 Å². The number of carbonyl (C=O) groups is 1. The van der Waals surface area contributed by atoms with Crippen LogP contribution < -0.4 is 5.73 Å². The van der Waals surface area contributed by atoms with Crippen molar-refractivity contribution in [3.63, 3.8) is 0 Å². The first-order valence-electron chi connectivity index (χ1n) is 5.93. The van der Waals surface area contributed by atoms with Gasteiger partial charge in [-0.2, -0.15) is 0 Å². The summed E-state index contributed by atoms with van der Waals surface area (Å²) in [6.45, 7) is 7.84. The standard InChI is InChI=1S/C14H21NO2/c1-8(2)11-6-5-9(3)12(7-11)13(15)10(4)14(16)17/h5-8,10,13H,15H2,1-4H3,(H,16,17). The number of hydrogen-bond donors (Lipinski definition) is 2. The number of aliphatic carboxylic acids is 1. The molecule has 2 unspecified atom stereocenters. The second-order valence-electron chi connectivity index (χ2n) is 4.92. The van der Waals surface area contributed by atoms with Gasteiger partial charge in [-0.1, -0.05) is 39.0 Å². The lowest BCUT2D eigenvalue weighted by atomic mass is 9.89. The molecule has 2 atom stereocenters. The Hall–Kier alpha value is -1.35. The quantitative estimate of drug-likeness (QED) is 0.843. The molecule has 0 saturated heterocycles.